The molecule has 0 atom stereocenters. The number of carboxylic acids is 1. The highest BCUT2D eigenvalue weighted by Gasteiger charge is 2.13. The predicted octanol–water partition coefficient (Wildman–Crippen LogP) is -0.485. The van der Waals surface area contributed by atoms with Crippen molar-refractivity contribution in [1.82, 2.24) is 19.8 Å². The first-order chi connectivity index (χ1) is 17.0. The molecule has 0 spiro atoms. The highest BCUT2D eigenvalue weighted by Crippen LogP contribution is 2.06. The van der Waals surface area contributed by atoms with Crippen LogP contribution in [0.1, 0.15) is 32.4 Å². The van der Waals surface area contributed by atoms with Crippen molar-refractivity contribution in [2.24, 2.45) is 0 Å². The van der Waals surface area contributed by atoms with E-state index >= 15 is 0 Å². The van der Waals surface area contributed by atoms with Gasteiger partial charge in [-0.15, -0.1) is 0 Å². The number of aldehydes is 3. The number of aliphatic hydroxyl groups is 3. The van der Waals surface area contributed by atoms with Gasteiger partial charge >= 0.3 is 5.97 Å². The van der Waals surface area contributed by atoms with Crippen molar-refractivity contribution in [3.63, 3.8) is 0 Å². The molecule has 0 radical (unpaired) electrons. The Balaban J connectivity index is 0. The number of nitrogens with zero attached hydrogens (tertiary/aromatic N) is 4. The molecule has 12 nitrogen and oxygen atoms in total. The number of rotatable bonds is 13. The normalized spacial score (nSPS) is 9.49. The first kappa shape index (κ1) is 33.8. The zero-order chi connectivity index (χ0) is 27.1. The third-order valence-corrected chi connectivity index (χ3v) is 4.14. The summed E-state index contributed by atoms with van der Waals surface area (Å²) < 4.78 is 0. The average molecular weight is 495 g/mol. The summed E-state index contributed by atoms with van der Waals surface area (Å²) in [7, 11) is 3.00. The molecule has 194 valence electrons. The number of aromatic carboxylic acids is 1. The molecule has 2 rings (SSSR count). The van der Waals surface area contributed by atoms with Crippen LogP contribution in [0.4, 0.5) is 0 Å². The van der Waals surface area contributed by atoms with Gasteiger partial charge in [0.05, 0.1) is 24.5 Å². The van der Waals surface area contributed by atoms with Gasteiger partial charge in [0, 0.05) is 47.5 Å². The van der Waals surface area contributed by atoms with E-state index < -0.39 is 5.97 Å². The van der Waals surface area contributed by atoms with Crippen molar-refractivity contribution in [2.75, 3.05) is 47.5 Å². The van der Waals surface area contributed by atoms with Crippen LogP contribution >= 0.6 is 0 Å². The largest absolute Gasteiger partial charge is 0.477 e. The first-order valence-electron chi connectivity index (χ1n) is 10.3. The van der Waals surface area contributed by atoms with Gasteiger partial charge in [-0.25, -0.2) is 14.8 Å². The Morgan fingerprint density at radius 3 is 1.66 bits per heavy atom. The molecule has 0 aliphatic heterocycles. The molecule has 4 N–H and O–H groups in total. The van der Waals surface area contributed by atoms with Gasteiger partial charge in [0.1, 0.15) is 24.0 Å². The fourth-order valence-electron chi connectivity index (χ4n) is 2.76. The van der Waals surface area contributed by atoms with Gasteiger partial charge in [-0.2, -0.15) is 0 Å². The summed E-state index contributed by atoms with van der Waals surface area (Å²) in [4.78, 5) is 56.0. The Morgan fingerprint density at radius 1 is 0.771 bits per heavy atom. The Hall–Kier alpha value is -3.42. The van der Waals surface area contributed by atoms with E-state index in [1.807, 2.05) is 9.80 Å². The van der Waals surface area contributed by atoms with Gasteiger partial charge in [-0.1, -0.05) is 12.1 Å². The van der Waals surface area contributed by atoms with Crippen LogP contribution in [0.15, 0.2) is 36.4 Å². The van der Waals surface area contributed by atoms with Crippen molar-refractivity contribution in [3.8, 4) is 0 Å². The molecule has 0 saturated heterocycles. The highest BCUT2D eigenvalue weighted by molar-refractivity contribution is 5.85. The third kappa shape index (κ3) is 14.4. The predicted molar refractivity (Wildman–Crippen MR) is 128 cm³/mol. The molecular weight excluding hydrogens is 460 g/mol. The van der Waals surface area contributed by atoms with Gasteiger partial charge in [-0.05, 0) is 24.3 Å². The highest BCUT2D eigenvalue weighted by atomic mass is 16.4. The molecule has 0 bridgehead atoms. The second-order valence-electron chi connectivity index (χ2n) is 6.29. The quantitative estimate of drug-likeness (QED) is 0.263. The molecule has 0 aromatic carbocycles. The SMILES string of the molecule is CO.CO.CO.O=CCN(CCN(CC=O)Cc1cccc(C(=O)O)n1)Cc1cccc(C=O)n1. The Morgan fingerprint density at radius 2 is 1.23 bits per heavy atom. The van der Waals surface area contributed by atoms with Crippen LogP contribution in [0.25, 0.3) is 0 Å². The topological polar surface area (TPSA) is 181 Å². The van der Waals surface area contributed by atoms with Crippen LogP contribution in [0, 0.1) is 0 Å². The van der Waals surface area contributed by atoms with Crippen LogP contribution in [0.2, 0.25) is 0 Å². The second kappa shape index (κ2) is 22.4. The van der Waals surface area contributed by atoms with E-state index in [1.165, 1.54) is 6.07 Å². The van der Waals surface area contributed by atoms with E-state index in [0.717, 1.165) is 33.9 Å². The smallest absolute Gasteiger partial charge is 0.354 e. The molecule has 0 unspecified atom stereocenters. The molecule has 2 heterocycles. The summed E-state index contributed by atoms with van der Waals surface area (Å²) >= 11 is 0. The average Bonchev–Trinajstić information content (AvgIpc) is 2.91. The maximum atomic E-state index is 11.1. The summed E-state index contributed by atoms with van der Waals surface area (Å²) in [6.45, 7) is 1.92. The first-order valence-corrected chi connectivity index (χ1v) is 10.3. The number of carboxylic acid groups (broad SMARTS) is 1. The molecule has 2 aromatic heterocycles. The van der Waals surface area contributed by atoms with Crippen molar-refractivity contribution < 1.29 is 39.6 Å². The zero-order valence-corrected chi connectivity index (χ0v) is 20.1. The maximum Gasteiger partial charge on any atom is 0.354 e. The molecule has 0 aliphatic carbocycles. The van der Waals surface area contributed by atoms with Gasteiger partial charge in [0.25, 0.3) is 0 Å². The van der Waals surface area contributed by atoms with Gasteiger partial charge < -0.3 is 30.0 Å². The van der Waals surface area contributed by atoms with E-state index in [-0.39, 0.29) is 18.8 Å². The minimum atomic E-state index is -1.11. The lowest BCUT2D eigenvalue weighted by molar-refractivity contribution is -0.110. The van der Waals surface area contributed by atoms with Crippen LogP contribution in [-0.4, -0.2) is 113 Å². The fraction of sp³-hybridized carbons (Fsp3) is 0.391. The standard InChI is InChI=1S/C20H22N4O5.3CH4O/c25-11-9-23(13-16-3-1-5-18(15-27)21-16)7-8-24(10-12-26)14-17-4-2-6-19(22-17)20(28)29;3*1-2/h1-6,11-12,15H,7-10,13-14H2,(H,28,29);3*2H,1H3. The molecule has 35 heavy (non-hydrogen) atoms. The van der Waals surface area contributed by atoms with E-state index in [4.69, 9.17) is 20.4 Å². The maximum absolute atomic E-state index is 11.1. The Bertz CT molecular complexity index is 867. The summed E-state index contributed by atoms with van der Waals surface area (Å²) in [5.74, 6) is -1.11. The lowest BCUT2D eigenvalue weighted by atomic mass is 10.2. The van der Waals surface area contributed by atoms with E-state index in [0.29, 0.717) is 49.5 Å². The minimum absolute atomic E-state index is 0.0581. The van der Waals surface area contributed by atoms with Gasteiger partial charge in [0.2, 0.25) is 0 Å². The Labute approximate surface area is 204 Å². The summed E-state index contributed by atoms with van der Waals surface area (Å²) in [6, 6.07) is 9.81. The van der Waals surface area contributed by atoms with Crippen molar-refractivity contribution in [2.45, 2.75) is 13.1 Å². The zero-order valence-electron chi connectivity index (χ0n) is 20.1. The second-order valence-corrected chi connectivity index (χ2v) is 6.29. The molecule has 0 fully saturated rings. The molecule has 12 heteroatoms. The number of hydrogen-bond donors (Lipinski definition) is 4. The van der Waals surface area contributed by atoms with Gasteiger partial charge in [-0.3, -0.25) is 14.6 Å². The number of carbonyl (C=O) groups is 4. The van der Waals surface area contributed by atoms with Crippen molar-refractivity contribution >= 4 is 24.8 Å². The third-order valence-electron chi connectivity index (χ3n) is 4.14. The van der Waals surface area contributed by atoms with Crippen LogP contribution < -0.4 is 0 Å². The van der Waals surface area contributed by atoms with Crippen LogP contribution in [-0.2, 0) is 22.7 Å². The number of aliphatic hydroxyl groups excluding tert-OH is 3. The van der Waals surface area contributed by atoms with Gasteiger partial charge in [0.15, 0.2) is 6.29 Å². The van der Waals surface area contributed by atoms with Crippen molar-refractivity contribution in [1.29, 1.82) is 0 Å². The molecule has 0 saturated carbocycles. The van der Waals surface area contributed by atoms with E-state index in [1.54, 1.807) is 30.3 Å². The lowest BCUT2D eigenvalue weighted by Gasteiger charge is -2.25. The number of carbonyl (C=O) groups excluding carboxylic acids is 3. The van der Waals surface area contributed by atoms with E-state index in [9.17, 15) is 19.2 Å². The van der Waals surface area contributed by atoms with E-state index in [2.05, 4.69) is 9.97 Å². The molecule has 2 aromatic rings. The van der Waals surface area contributed by atoms with Crippen LogP contribution in [0.5, 0.6) is 0 Å². The number of pyridine rings is 2. The number of hydrogen-bond acceptors (Lipinski definition) is 11. The lowest BCUT2D eigenvalue weighted by Crippen LogP contribution is -2.36. The molecule has 0 amide bonds. The Kier molecular flexibility index (Phi) is 21.6. The summed E-state index contributed by atoms with van der Waals surface area (Å²) in [5, 5.41) is 30.1. The van der Waals surface area contributed by atoms with Crippen molar-refractivity contribution in [3.05, 3.63) is 59.2 Å². The summed E-state index contributed by atoms with van der Waals surface area (Å²) in [6.07, 6.45) is 2.21. The minimum Gasteiger partial charge on any atom is -0.477 e. The fourth-order valence-corrected chi connectivity index (χ4v) is 2.76. The number of aromatic nitrogens is 2. The molecule has 0 aliphatic rings. The monoisotopic (exact) mass is 494 g/mol. The van der Waals surface area contributed by atoms with Crippen LogP contribution in [0.3, 0.4) is 0 Å². The summed E-state index contributed by atoms with van der Waals surface area (Å²) in [5.41, 5.74) is 1.46. The molecular formula is C23H34N4O8.